The quantitative estimate of drug-likeness (QED) is 0.544. The summed E-state index contributed by atoms with van der Waals surface area (Å²) in [6, 6.07) is 8.36. The number of hydrogen-bond acceptors (Lipinski definition) is 6. The van der Waals surface area contributed by atoms with Crippen molar-refractivity contribution in [1.82, 2.24) is 0 Å². The van der Waals surface area contributed by atoms with E-state index in [0.717, 1.165) is 0 Å². The van der Waals surface area contributed by atoms with Crippen molar-refractivity contribution in [3.63, 3.8) is 0 Å². The van der Waals surface area contributed by atoms with E-state index in [2.05, 4.69) is 0 Å². The van der Waals surface area contributed by atoms with Gasteiger partial charge in [-0.05, 0) is 12.1 Å². The first kappa shape index (κ1) is 14.6. The predicted octanol–water partition coefficient (Wildman–Crippen LogP) is -1.41. The molecule has 0 radical (unpaired) electrons. The molecule has 1 aromatic carbocycles. The van der Waals surface area contributed by atoms with E-state index in [-0.39, 0.29) is 0 Å². The first-order chi connectivity index (χ1) is 9.06. The summed E-state index contributed by atoms with van der Waals surface area (Å²) in [6.45, 7) is -0.534. The van der Waals surface area contributed by atoms with Crippen LogP contribution in [0.2, 0.25) is 0 Å². The van der Waals surface area contributed by atoms with Gasteiger partial charge >= 0.3 is 0 Å². The van der Waals surface area contributed by atoms with Crippen LogP contribution in [0.1, 0.15) is 0 Å². The molecule has 1 aromatic rings. The zero-order valence-corrected chi connectivity index (χ0v) is 10.8. The van der Waals surface area contributed by atoms with Crippen molar-refractivity contribution in [2.45, 2.75) is 34.7 Å². The molecule has 1 saturated heterocycles. The molecular formula is C12H16O6S. The Bertz CT molecular complexity index is 437. The third-order valence-corrected chi connectivity index (χ3v) is 4.58. The maximum atomic E-state index is 12.3. The van der Waals surface area contributed by atoms with Crippen LogP contribution >= 0.6 is 0 Å². The number of ether oxygens (including phenoxy) is 1. The van der Waals surface area contributed by atoms with Crippen LogP contribution in [0.25, 0.3) is 0 Å². The Morgan fingerprint density at radius 3 is 2.26 bits per heavy atom. The molecule has 6 nitrogen and oxygen atoms in total. The van der Waals surface area contributed by atoms with Crippen molar-refractivity contribution in [3.05, 3.63) is 30.3 Å². The normalized spacial score (nSPS) is 36.9. The number of rotatable bonds is 3. The Labute approximate surface area is 112 Å². The molecule has 0 bridgehead atoms. The lowest BCUT2D eigenvalue weighted by molar-refractivity contribution is -0.206. The highest BCUT2D eigenvalue weighted by Crippen LogP contribution is 2.26. The zero-order chi connectivity index (χ0) is 14.0. The van der Waals surface area contributed by atoms with Gasteiger partial charge in [-0.2, -0.15) is 0 Å². The van der Waals surface area contributed by atoms with Gasteiger partial charge in [-0.1, -0.05) is 18.2 Å². The monoisotopic (exact) mass is 288 g/mol. The van der Waals surface area contributed by atoms with Gasteiger partial charge in [-0.15, -0.1) is 0 Å². The average molecular weight is 288 g/mol. The lowest BCUT2D eigenvalue weighted by atomic mass is 10.0. The highest BCUT2D eigenvalue weighted by Gasteiger charge is 2.46. The molecule has 106 valence electrons. The molecule has 0 aliphatic carbocycles. The van der Waals surface area contributed by atoms with Gasteiger partial charge in [0.1, 0.15) is 24.4 Å². The van der Waals surface area contributed by atoms with Gasteiger partial charge in [-0.3, -0.25) is 4.21 Å². The highest BCUT2D eigenvalue weighted by molar-refractivity contribution is 7.85. The van der Waals surface area contributed by atoms with E-state index in [1.165, 1.54) is 0 Å². The second kappa shape index (κ2) is 6.08. The Morgan fingerprint density at radius 1 is 1.05 bits per heavy atom. The molecule has 0 unspecified atom stereocenters. The van der Waals surface area contributed by atoms with Gasteiger partial charge in [0.15, 0.2) is 5.44 Å². The largest absolute Gasteiger partial charge is 0.394 e. The smallest absolute Gasteiger partial charge is 0.166 e. The lowest BCUT2D eigenvalue weighted by Gasteiger charge is -2.39. The topological polar surface area (TPSA) is 107 Å². The minimum Gasteiger partial charge on any atom is -0.394 e. The Hall–Kier alpha value is -0.830. The van der Waals surface area contributed by atoms with Crippen molar-refractivity contribution < 1.29 is 29.4 Å². The molecule has 1 heterocycles. The van der Waals surface area contributed by atoms with Crippen LogP contribution in [0.4, 0.5) is 0 Å². The van der Waals surface area contributed by atoms with Gasteiger partial charge in [0.25, 0.3) is 0 Å². The Kier molecular flexibility index (Phi) is 4.67. The number of hydrogen-bond donors (Lipinski definition) is 4. The second-order valence-electron chi connectivity index (χ2n) is 4.31. The van der Waals surface area contributed by atoms with Crippen LogP contribution < -0.4 is 0 Å². The van der Waals surface area contributed by atoms with Gasteiger partial charge in [-0.25, -0.2) is 0 Å². The fourth-order valence-electron chi connectivity index (χ4n) is 1.93. The van der Waals surface area contributed by atoms with Crippen molar-refractivity contribution in [2.75, 3.05) is 6.61 Å². The molecule has 1 fully saturated rings. The average Bonchev–Trinajstić information content (AvgIpc) is 2.45. The van der Waals surface area contributed by atoms with Crippen molar-refractivity contribution >= 4 is 10.8 Å². The number of aliphatic hydroxyl groups excluding tert-OH is 4. The first-order valence-corrected chi connectivity index (χ1v) is 7.03. The molecule has 0 aromatic heterocycles. The summed E-state index contributed by atoms with van der Waals surface area (Å²) in [5, 5.41) is 38.2. The van der Waals surface area contributed by atoms with Gasteiger partial charge in [0.05, 0.1) is 17.4 Å². The number of benzene rings is 1. The zero-order valence-electron chi connectivity index (χ0n) is 9.99. The van der Waals surface area contributed by atoms with Gasteiger partial charge in [0, 0.05) is 4.90 Å². The molecule has 4 N–H and O–H groups in total. The third-order valence-electron chi connectivity index (χ3n) is 3.03. The molecule has 0 saturated carbocycles. The Morgan fingerprint density at radius 2 is 1.68 bits per heavy atom. The standard InChI is InChI=1S/C12H16O6S/c13-6-8-9(14)10(15)11(16)12(18-8)19(17)7-4-2-1-3-5-7/h1-5,8-16H,6H2/t8-,9-,10+,11-,12+,19-/m1/s1. The Balaban J connectivity index is 2.21. The molecule has 6 atom stereocenters. The van der Waals surface area contributed by atoms with Crippen molar-refractivity contribution in [3.8, 4) is 0 Å². The molecule has 1 aliphatic heterocycles. The van der Waals surface area contributed by atoms with E-state index in [0.29, 0.717) is 4.90 Å². The van der Waals surface area contributed by atoms with E-state index < -0.39 is 47.3 Å². The highest BCUT2D eigenvalue weighted by atomic mass is 32.2. The van der Waals surface area contributed by atoms with Crippen LogP contribution in [-0.4, -0.2) is 61.1 Å². The molecule has 7 heteroatoms. The molecule has 2 rings (SSSR count). The van der Waals surface area contributed by atoms with Crippen LogP contribution in [-0.2, 0) is 15.5 Å². The van der Waals surface area contributed by atoms with Crippen LogP contribution in [0, 0.1) is 0 Å². The minimum atomic E-state index is -1.71. The summed E-state index contributed by atoms with van der Waals surface area (Å²) in [7, 11) is -1.71. The summed E-state index contributed by atoms with van der Waals surface area (Å²) >= 11 is 0. The van der Waals surface area contributed by atoms with Crippen molar-refractivity contribution in [1.29, 1.82) is 0 Å². The molecular weight excluding hydrogens is 272 g/mol. The van der Waals surface area contributed by atoms with E-state index in [4.69, 9.17) is 9.84 Å². The number of aliphatic hydroxyl groups is 4. The van der Waals surface area contributed by atoms with E-state index in [1.807, 2.05) is 0 Å². The summed E-state index contributed by atoms with van der Waals surface area (Å²) in [5.74, 6) is 0. The maximum absolute atomic E-state index is 12.3. The predicted molar refractivity (Wildman–Crippen MR) is 66.6 cm³/mol. The maximum Gasteiger partial charge on any atom is 0.166 e. The fraction of sp³-hybridized carbons (Fsp3) is 0.500. The van der Waals surface area contributed by atoms with Crippen LogP contribution in [0.15, 0.2) is 35.2 Å². The SMILES string of the molecule is O=[S@](c1ccccc1)[C@@H]1O[C@H](CO)[C@@H](O)[C@H](O)[C@H]1O. The molecule has 0 spiro atoms. The minimum absolute atomic E-state index is 0.437. The van der Waals surface area contributed by atoms with Crippen LogP contribution in [0.5, 0.6) is 0 Å². The third kappa shape index (κ3) is 2.86. The summed E-state index contributed by atoms with van der Waals surface area (Å²) in [5.41, 5.74) is -1.20. The van der Waals surface area contributed by atoms with Gasteiger partial charge in [0.2, 0.25) is 0 Å². The second-order valence-corrected chi connectivity index (χ2v) is 5.84. The summed E-state index contributed by atoms with van der Waals surface area (Å²) in [6.07, 6.45) is -5.48. The van der Waals surface area contributed by atoms with Crippen molar-refractivity contribution in [2.24, 2.45) is 0 Å². The van der Waals surface area contributed by atoms with E-state index >= 15 is 0 Å². The fourth-order valence-corrected chi connectivity index (χ4v) is 3.28. The first-order valence-electron chi connectivity index (χ1n) is 5.82. The summed E-state index contributed by atoms with van der Waals surface area (Å²) in [4.78, 5) is 0.437. The van der Waals surface area contributed by atoms with E-state index in [1.54, 1.807) is 30.3 Å². The molecule has 19 heavy (non-hydrogen) atoms. The van der Waals surface area contributed by atoms with Crippen LogP contribution in [0.3, 0.4) is 0 Å². The molecule has 1 aliphatic rings. The summed E-state index contributed by atoms with van der Waals surface area (Å²) < 4.78 is 17.5. The van der Waals surface area contributed by atoms with Gasteiger partial charge < -0.3 is 25.2 Å². The van der Waals surface area contributed by atoms with E-state index in [9.17, 15) is 19.5 Å². The molecule has 0 amide bonds. The lowest BCUT2D eigenvalue weighted by Crippen LogP contribution is -2.59.